The van der Waals surface area contributed by atoms with Gasteiger partial charge in [-0.1, -0.05) is 23.4 Å². The van der Waals surface area contributed by atoms with E-state index in [4.69, 9.17) is 11.6 Å². The standard InChI is InChI=1S/C12H7ClFIS/c13-8-1-4-10(5-2-8)16-12-6-3-9(15)7-11(12)14/h1-7H. The Morgan fingerprint density at radius 3 is 2.38 bits per heavy atom. The van der Waals surface area contributed by atoms with Gasteiger partial charge in [-0.3, -0.25) is 0 Å². The molecule has 0 N–H and O–H groups in total. The summed E-state index contributed by atoms with van der Waals surface area (Å²) in [5, 5.41) is 0.687. The molecule has 2 aromatic carbocycles. The van der Waals surface area contributed by atoms with Gasteiger partial charge in [0.2, 0.25) is 0 Å². The maximum absolute atomic E-state index is 13.6. The summed E-state index contributed by atoms with van der Waals surface area (Å²) in [4.78, 5) is 1.60. The molecule has 0 aliphatic carbocycles. The van der Waals surface area contributed by atoms with Crippen LogP contribution < -0.4 is 0 Å². The van der Waals surface area contributed by atoms with Gasteiger partial charge in [0.05, 0.1) is 0 Å². The quantitative estimate of drug-likeness (QED) is 0.657. The number of hydrogen-bond acceptors (Lipinski definition) is 1. The maximum Gasteiger partial charge on any atom is 0.138 e. The minimum Gasteiger partial charge on any atom is -0.206 e. The van der Waals surface area contributed by atoms with Gasteiger partial charge in [-0.25, -0.2) is 4.39 Å². The molecule has 0 fully saturated rings. The molecule has 0 heterocycles. The number of halogens is 3. The number of hydrogen-bond donors (Lipinski definition) is 0. The fourth-order valence-electron chi connectivity index (χ4n) is 1.19. The van der Waals surface area contributed by atoms with Crippen molar-refractivity contribution in [3.8, 4) is 0 Å². The van der Waals surface area contributed by atoms with Crippen LogP contribution in [0.1, 0.15) is 0 Å². The molecule has 0 saturated carbocycles. The summed E-state index contributed by atoms with van der Waals surface area (Å²) in [5.41, 5.74) is 0. The number of benzene rings is 2. The molecule has 0 saturated heterocycles. The van der Waals surface area contributed by atoms with Gasteiger partial charge in [0.25, 0.3) is 0 Å². The highest BCUT2D eigenvalue weighted by molar-refractivity contribution is 14.1. The van der Waals surface area contributed by atoms with Gasteiger partial charge < -0.3 is 0 Å². The Kier molecular flexibility index (Phi) is 4.10. The lowest BCUT2D eigenvalue weighted by Gasteiger charge is -2.03. The lowest BCUT2D eigenvalue weighted by Crippen LogP contribution is -1.82. The van der Waals surface area contributed by atoms with Gasteiger partial charge >= 0.3 is 0 Å². The Morgan fingerprint density at radius 2 is 1.75 bits per heavy atom. The van der Waals surface area contributed by atoms with E-state index in [2.05, 4.69) is 22.6 Å². The topological polar surface area (TPSA) is 0 Å². The second-order valence-corrected chi connectivity index (χ2v) is 5.93. The van der Waals surface area contributed by atoms with Crippen molar-refractivity contribution in [2.45, 2.75) is 9.79 Å². The van der Waals surface area contributed by atoms with Gasteiger partial charge in [-0.15, -0.1) is 0 Å². The van der Waals surface area contributed by atoms with Crippen molar-refractivity contribution in [1.82, 2.24) is 0 Å². The van der Waals surface area contributed by atoms with E-state index >= 15 is 0 Å². The first kappa shape index (κ1) is 12.2. The average Bonchev–Trinajstić information content (AvgIpc) is 2.25. The molecule has 0 aromatic heterocycles. The summed E-state index contributed by atoms with van der Waals surface area (Å²) in [6.07, 6.45) is 0. The Morgan fingerprint density at radius 1 is 1.06 bits per heavy atom. The lowest BCUT2D eigenvalue weighted by molar-refractivity contribution is 0.601. The van der Waals surface area contributed by atoms with Crippen molar-refractivity contribution in [3.05, 3.63) is 56.9 Å². The van der Waals surface area contributed by atoms with E-state index < -0.39 is 0 Å². The molecule has 2 aromatic rings. The second kappa shape index (κ2) is 5.38. The molecular weight excluding hydrogens is 358 g/mol. The molecule has 0 atom stereocenters. The molecule has 2 rings (SSSR count). The Hall–Kier alpha value is -0.260. The summed E-state index contributed by atoms with van der Waals surface area (Å²) in [7, 11) is 0. The van der Waals surface area contributed by atoms with E-state index in [1.54, 1.807) is 18.2 Å². The van der Waals surface area contributed by atoms with Crippen molar-refractivity contribution in [3.63, 3.8) is 0 Å². The smallest absolute Gasteiger partial charge is 0.138 e. The highest BCUT2D eigenvalue weighted by Crippen LogP contribution is 2.31. The molecule has 0 spiro atoms. The second-order valence-electron chi connectivity index (χ2n) is 3.13. The fourth-order valence-corrected chi connectivity index (χ4v) is 2.59. The molecule has 16 heavy (non-hydrogen) atoms. The molecule has 0 amide bonds. The molecular formula is C12H7ClFIS. The summed E-state index contributed by atoms with van der Waals surface area (Å²) in [6.45, 7) is 0. The van der Waals surface area contributed by atoms with Crippen molar-refractivity contribution >= 4 is 46.0 Å². The minimum absolute atomic E-state index is 0.188. The molecule has 0 unspecified atom stereocenters. The third-order valence-electron chi connectivity index (χ3n) is 1.94. The van der Waals surface area contributed by atoms with Crippen LogP contribution in [0.2, 0.25) is 5.02 Å². The molecule has 0 radical (unpaired) electrons. The van der Waals surface area contributed by atoms with Crippen LogP contribution in [0.4, 0.5) is 4.39 Å². The first-order valence-electron chi connectivity index (χ1n) is 4.53. The molecule has 4 heteroatoms. The Balaban J connectivity index is 2.23. The first-order valence-corrected chi connectivity index (χ1v) is 6.81. The highest BCUT2D eigenvalue weighted by atomic mass is 127. The van der Waals surface area contributed by atoms with Crippen LogP contribution in [0, 0.1) is 9.39 Å². The SMILES string of the molecule is Fc1cc(I)ccc1Sc1ccc(Cl)cc1. The van der Waals surface area contributed by atoms with Crippen LogP contribution in [0.15, 0.2) is 52.3 Å². The van der Waals surface area contributed by atoms with Crippen molar-refractivity contribution in [1.29, 1.82) is 0 Å². The van der Waals surface area contributed by atoms with Crippen molar-refractivity contribution in [2.24, 2.45) is 0 Å². The zero-order chi connectivity index (χ0) is 11.5. The molecule has 0 aliphatic rings. The van der Waals surface area contributed by atoms with E-state index in [0.717, 1.165) is 8.47 Å². The van der Waals surface area contributed by atoms with Gasteiger partial charge in [-0.05, 0) is 65.1 Å². The Labute approximate surface area is 116 Å². The van der Waals surface area contributed by atoms with E-state index in [-0.39, 0.29) is 5.82 Å². The summed E-state index contributed by atoms with van der Waals surface area (Å²) in [6, 6.07) is 12.6. The van der Waals surface area contributed by atoms with Gasteiger partial charge in [0.15, 0.2) is 0 Å². The summed E-state index contributed by atoms with van der Waals surface area (Å²) in [5.74, 6) is -0.188. The summed E-state index contributed by atoms with van der Waals surface area (Å²) < 4.78 is 14.5. The van der Waals surface area contributed by atoms with Crippen LogP contribution >= 0.6 is 46.0 Å². The van der Waals surface area contributed by atoms with Crippen LogP contribution in [0.25, 0.3) is 0 Å². The average molecular weight is 365 g/mol. The van der Waals surface area contributed by atoms with E-state index in [0.29, 0.717) is 9.92 Å². The molecule has 0 nitrogen and oxygen atoms in total. The van der Waals surface area contributed by atoms with Gasteiger partial charge in [-0.2, -0.15) is 0 Å². The number of rotatable bonds is 2. The van der Waals surface area contributed by atoms with Crippen molar-refractivity contribution < 1.29 is 4.39 Å². The monoisotopic (exact) mass is 364 g/mol. The van der Waals surface area contributed by atoms with Gasteiger partial charge in [0, 0.05) is 18.4 Å². The third-order valence-corrected chi connectivity index (χ3v) is 3.92. The predicted octanol–water partition coefficient (Wildman–Crippen LogP) is 5.23. The normalized spacial score (nSPS) is 10.4. The predicted molar refractivity (Wildman–Crippen MR) is 74.7 cm³/mol. The molecule has 82 valence electrons. The van der Waals surface area contributed by atoms with Crippen LogP contribution in [-0.2, 0) is 0 Å². The third kappa shape index (κ3) is 3.12. The van der Waals surface area contributed by atoms with E-state index in [1.165, 1.54) is 17.8 Å². The first-order chi connectivity index (χ1) is 7.65. The highest BCUT2D eigenvalue weighted by Gasteiger charge is 2.04. The minimum atomic E-state index is -0.188. The largest absolute Gasteiger partial charge is 0.206 e. The van der Waals surface area contributed by atoms with Crippen molar-refractivity contribution in [2.75, 3.05) is 0 Å². The lowest BCUT2D eigenvalue weighted by atomic mass is 10.3. The van der Waals surface area contributed by atoms with Crippen LogP contribution in [0.5, 0.6) is 0 Å². The van der Waals surface area contributed by atoms with Gasteiger partial charge in [0.1, 0.15) is 5.82 Å². The zero-order valence-electron chi connectivity index (χ0n) is 8.08. The zero-order valence-corrected chi connectivity index (χ0v) is 11.8. The molecule has 0 bridgehead atoms. The summed E-state index contributed by atoms with van der Waals surface area (Å²) >= 11 is 9.27. The fraction of sp³-hybridized carbons (Fsp3) is 0. The van der Waals surface area contributed by atoms with Crippen LogP contribution in [-0.4, -0.2) is 0 Å². The van der Waals surface area contributed by atoms with Crippen LogP contribution in [0.3, 0.4) is 0 Å². The molecule has 0 aliphatic heterocycles. The van der Waals surface area contributed by atoms with E-state index in [9.17, 15) is 4.39 Å². The maximum atomic E-state index is 13.6. The Bertz CT molecular complexity index is 499. The van der Waals surface area contributed by atoms with E-state index in [1.807, 2.05) is 18.2 Å².